The molecule has 1 amide bonds. The van der Waals surface area contributed by atoms with Gasteiger partial charge in [0.25, 0.3) is 5.91 Å². The molecule has 88 valence electrons. The van der Waals surface area contributed by atoms with E-state index in [-0.39, 0.29) is 16.9 Å². The number of aromatic nitrogens is 2. The largest absolute Gasteiger partial charge is 0.435 e. The quantitative estimate of drug-likeness (QED) is 0.798. The molecule has 8 heteroatoms. The summed E-state index contributed by atoms with van der Waals surface area (Å²) in [7, 11) is 1.41. The first-order valence-electron chi connectivity index (χ1n) is 4.21. The number of carbonyl (C=O) groups is 1. The summed E-state index contributed by atoms with van der Waals surface area (Å²) < 4.78 is 37.4. The number of alkyl halides is 3. The number of nitrogens with zero attached hydrogens (tertiary/aromatic N) is 2. The second kappa shape index (κ2) is 3.95. The van der Waals surface area contributed by atoms with Gasteiger partial charge in [0, 0.05) is 7.05 Å². The topological polar surface area (TPSA) is 80.9 Å². The predicted molar refractivity (Wildman–Crippen MR) is 49.8 cm³/mol. The number of anilines is 1. The lowest BCUT2D eigenvalue weighted by molar-refractivity contribution is -0.142. The highest BCUT2D eigenvalue weighted by Gasteiger charge is 2.37. The number of carbonyl (C=O) groups excluding carboxylic acids is 1. The molecule has 0 saturated heterocycles. The van der Waals surface area contributed by atoms with Crippen molar-refractivity contribution < 1.29 is 18.0 Å². The minimum atomic E-state index is -4.66. The van der Waals surface area contributed by atoms with Gasteiger partial charge in [-0.15, -0.1) is 10.2 Å². The zero-order valence-electron chi connectivity index (χ0n) is 8.51. The van der Waals surface area contributed by atoms with Gasteiger partial charge in [0.1, 0.15) is 0 Å². The average Bonchev–Trinajstić information content (AvgIpc) is 2.14. The Bertz CT molecular complexity index is 430. The van der Waals surface area contributed by atoms with E-state index in [1.807, 2.05) is 0 Å². The molecule has 0 saturated carbocycles. The van der Waals surface area contributed by atoms with Crippen molar-refractivity contribution in [3.05, 3.63) is 16.8 Å². The Morgan fingerprint density at radius 3 is 2.31 bits per heavy atom. The number of hydrogen-bond acceptors (Lipinski definition) is 4. The van der Waals surface area contributed by atoms with Crippen molar-refractivity contribution in [3.8, 4) is 0 Å². The van der Waals surface area contributed by atoms with E-state index < -0.39 is 17.8 Å². The van der Waals surface area contributed by atoms with Crippen LogP contribution in [0.25, 0.3) is 0 Å². The molecule has 3 N–H and O–H groups in total. The maximum atomic E-state index is 12.5. The Kier molecular flexibility index (Phi) is 3.02. The molecule has 0 spiro atoms. The third-order valence-electron chi connectivity index (χ3n) is 1.97. The number of nitrogens with one attached hydrogen (secondary N) is 1. The van der Waals surface area contributed by atoms with Gasteiger partial charge in [-0.25, -0.2) is 0 Å². The van der Waals surface area contributed by atoms with Crippen LogP contribution in [0.5, 0.6) is 0 Å². The Morgan fingerprint density at radius 1 is 1.38 bits per heavy atom. The van der Waals surface area contributed by atoms with Gasteiger partial charge in [0.2, 0.25) is 0 Å². The third-order valence-corrected chi connectivity index (χ3v) is 1.97. The van der Waals surface area contributed by atoms with E-state index in [9.17, 15) is 18.0 Å². The fraction of sp³-hybridized carbons (Fsp3) is 0.375. The molecule has 0 fully saturated rings. The molecule has 0 unspecified atom stereocenters. The van der Waals surface area contributed by atoms with Crippen LogP contribution in [-0.4, -0.2) is 23.2 Å². The van der Waals surface area contributed by atoms with Gasteiger partial charge < -0.3 is 11.1 Å². The fourth-order valence-corrected chi connectivity index (χ4v) is 1.27. The van der Waals surface area contributed by atoms with Crippen LogP contribution in [0.2, 0.25) is 0 Å². The van der Waals surface area contributed by atoms with E-state index >= 15 is 0 Å². The molecule has 0 atom stereocenters. The summed E-state index contributed by atoms with van der Waals surface area (Å²) in [5, 5.41) is 8.74. The highest BCUT2D eigenvalue weighted by atomic mass is 19.4. The molecule has 0 aliphatic carbocycles. The number of rotatable bonds is 2. The monoisotopic (exact) mass is 234 g/mol. The molecule has 16 heavy (non-hydrogen) atoms. The molecule has 0 radical (unpaired) electrons. The van der Waals surface area contributed by atoms with Crippen molar-refractivity contribution in [1.82, 2.24) is 10.2 Å². The molecule has 1 rings (SSSR count). The minimum Gasteiger partial charge on any atom is -0.371 e. The lowest BCUT2D eigenvalue weighted by Crippen LogP contribution is -2.21. The summed E-state index contributed by atoms with van der Waals surface area (Å²) >= 11 is 0. The van der Waals surface area contributed by atoms with Gasteiger partial charge in [0.15, 0.2) is 11.5 Å². The first kappa shape index (κ1) is 12.2. The van der Waals surface area contributed by atoms with Crippen LogP contribution in [0, 0.1) is 6.92 Å². The van der Waals surface area contributed by atoms with Crippen LogP contribution in [0.4, 0.5) is 19.0 Å². The second-order valence-electron chi connectivity index (χ2n) is 3.01. The standard InChI is InChI=1S/C8H9F3N4O/c1-3-4(6(12)16)7(13-2)15-14-5(3)8(9,10)11/h1-2H3,(H2,12,16)(H,13,15). The zero-order valence-corrected chi connectivity index (χ0v) is 8.51. The number of halogens is 3. The van der Waals surface area contributed by atoms with Gasteiger partial charge >= 0.3 is 6.18 Å². The van der Waals surface area contributed by atoms with Crippen molar-refractivity contribution in [2.24, 2.45) is 5.73 Å². The van der Waals surface area contributed by atoms with Crippen molar-refractivity contribution in [2.45, 2.75) is 13.1 Å². The molecular formula is C8H9F3N4O. The maximum Gasteiger partial charge on any atom is 0.435 e. The highest BCUT2D eigenvalue weighted by molar-refractivity contribution is 5.99. The van der Waals surface area contributed by atoms with Crippen molar-refractivity contribution >= 4 is 11.7 Å². The molecule has 5 nitrogen and oxygen atoms in total. The van der Waals surface area contributed by atoms with E-state index in [4.69, 9.17) is 5.73 Å². The van der Waals surface area contributed by atoms with E-state index in [0.717, 1.165) is 6.92 Å². The van der Waals surface area contributed by atoms with Gasteiger partial charge in [-0.2, -0.15) is 13.2 Å². The second-order valence-corrected chi connectivity index (χ2v) is 3.01. The molecular weight excluding hydrogens is 225 g/mol. The van der Waals surface area contributed by atoms with Crippen LogP contribution in [0.15, 0.2) is 0 Å². The molecule has 0 aromatic carbocycles. The van der Waals surface area contributed by atoms with Gasteiger partial charge in [-0.3, -0.25) is 4.79 Å². The smallest absolute Gasteiger partial charge is 0.371 e. The van der Waals surface area contributed by atoms with Gasteiger partial charge in [0.05, 0.1) is 5.56 Å². The predicted octanol–water partition coefficient (Wildman–Crippen LogP) is 0.944. The first-order valence-corrected chi connectivity index (χ1v) is 4.21. The Hall–Kier alpha value is -1.86. The van der Waals surface area contributed by atoms with Crippen LogP contribution in [-0.2, 0) is 6.18 Å². The van der Waals surface area contributed by atoms with Gasteiger partial charge in [-0.05, 0) is 12.5 Å². The van der Waals surface area contributed by atoms with E-state index in [0.29, 0.717) is 0 Å². The Balaban J connectivity index is 3.50. The lowest BCUT2D eigenvalue weighted by Gasteiger charge is -2.13. The SMILES string of the molecule is CNc1nnc(C(F)(F)F)c(C)c1C(N)=O. The maximum absolute atomic E-state index is 12.5. The number of nitrogens with two attached hydrogens (primary N) is 1. The van der Waals surface area contributed by atoms with Crippen LogP contribution in [0.1, 0.15) is 21.6 Å². The Labute approximate surface area is 88.8 Å². The Morgan fingerprint density at radius 2 is 1.94 bits per heavy atom. The van der Waals surface area contributed by atoms with E-state index in [2.05, 4.69) is 15.5 Å². The number of primary amides is 1. The third kappa shape index (κ3) is 2.05. The van der Waals surface area contributed by atoms with E-state index in [1.54, 1.807) is 0 Å². The minimum absolute atomic E-state index is 0.0713. The average molecular weight is 234 g/mol. The number of amides is 1. The van der Waals surface area contributed by atoms with Crippen molar-refractivity contribution in [1.29, 1.82) is 0 Å². The summed E-state index contributed by atoms with van der Waals surface area (Å²) in [5.74, 6) is -1.06. The number of hydrogen-bond donors (Lipinski definition) is 2. The molecule has 1 aromatic heterocycles. The first-order chi connectivity index (χ1) is 7.29. The van der Waals surface area contributed by atoms with Crippen LogP contribution in [0.3, 0.4) is 0 Å². The van der Waals surface area contributed by atoms with Crippen molar-refractivity contribution in [3.63, 3.8) is 0 Å². The molecule has 0 aliphatic heterocycles. The summed E-state index contributed by atoms with van der Waals surface area (Å²) in [6, 6.07) is 0. The van der Waals surface area contributed by atoms with Crippen LogP contribution >= 0.6 is 0 Å². The molecule has 0 aliphatic rings. The zero-order chi connectivity index (χ0) is 12.5. The molecule has 1 heterocycles. The molecule has 0 bridgehead atoms. The fourth-order valence-electron chi connectivity index (χ4n) is 1.27. The summed E-state index contributed by atoms with van der Waals surface area (Å²) in [6.07, 6.45) is -4.66. The normalized spacial score (nSPS) is 11.3. The van der Waals surface area contributed by atoms with E-state index in [1.165, 1.54) is 7.05 Å². The molecule has 1 aromatic rings. The summed E-state index contributed by atoms with van der Waals surface area (Å²) in [5.41, 5.74) is 3.15. The van der Waals surface area contributed by atoms with Crippen molar-refractivity contribution in [2.75, 3.05) is 12.4 Å². The summed E-state index contributed by atoms with van der Waals surface area (Å²) in [6.45, 7) is 1.12. The highest BCUT2D eigenvalue weighted by Crippen LogP contribution is 2.32. The lowest BCUT2D eigenvalue weighted by atomic mass is 10.1. The summed E-state index contributed by atoms with van der Waals surface area (Å²) in [4.78, 5) is 11.0. The van der Waals surface area contributed by atoms with Gasteiger partial charge in [-0.1, -0.05) is 0 Å². The van der Waals surface area contributed by atoms with Crippen LogP contribution < -0.4 is 11.1 Å².